The summed E-state index contributed by atoms with van der Waals surface area (Å²) in [6.07, 6.45) is 1.62. The van der Waals surface area contributed by atoms with Crippen molar-refractivity contribution >= 4 is 52.0 Å². The number of hydrazone groups is 1. The summed E-state index contributed by atoms with van der Waals surface area (Å²) in [5, 5.41) is 9.34. The van der Waals surface area contributed by atoms with Crippen LogP contribution in [-0.4, -0.2) is 31.7 Å². The largest absolute Gasteiger partial charge is 0.496 e. The fourth-order valence-electron chi connectivity index (χ4n) is 2.84. The molecule has 154 valence electrons. The number of hydrogen-bond donors (Lipinski definition) is 2. The van der Waals surface area contributed by atoms with E-state index in [9.17, 15) is 9.59 Å². The maximum Gasteiger partial charge on any atom is 0.251 e. The molecular formula is C22H19Cl2N3O3. The monoisotopic (exact) mass is 443 g/mol. The molecule has 0 atom stereocenters. The minimum atomic E-state index is -0.342. The number of methoxy groups -OCH3 is 1. The van der Waals surface area contributed by atoms with Gasteiger partial charge in [-0.25, -0.2) is 5.43 Å². The van der Waals surface area contributed by atoms with Gasteiger partial charge in [-0.15, -0.1) is 0 Å². The summed E-state index contributed by atoms with van der Waals surface area (Å²) in [6, 6.07) is 16.2. The summed E-state index contributed by atoms with van der Waals surface area (Å²) in [5.41, 5.74) is 3.60. The number of benzene rings is 3. The molecule has 2 amide bonds. The first kappa shape index (κ1) is 21.6. The van der Waals surface area contributed by atoms with E-state index in [2.05, 4.69) is 15.8 Å². The average Bonchev–Trinajstić information content (AvgIpc) is 2.75. The van der Waals surface area contributed by atoms with Crippen LogP contribution in [0.2, 0.25) is 10.0 Å². The van der Waals surface area contributed by atoms with Crippen molar-refractivity contribution in [3.05, 3.63) is 75.8 Å². The highest BCUT2D eigenvalue weighted by atomic mass is 35.5. The minimum Gasteiger partial charge on any atom is -0.496 e. The van der Waals surface area contributed by atoms with Gasteiger partial charge in [0.15, 0.2) is 0 Å². The van der Waals surface area contributed by atoms with Gasteiger partial charge < -0.3 is 10.1 Å². The van der Waals surface area contributed by atoms with Gasteiger partial charge in [-0.2, -0.15) is 5.10 Å². The molecule has 0 aliphatic carbocycles. The number of hydrogen-bond acceptors (Lipinski definition) is 4. The second-order valence-electron chi connectivity index (χ2n) is 6.33. The SMILES string of the molecule is COc1ccc2ccccc2c1C=NNC(=O)CCNC(=O)c1ccc(Cl)c(Cl)c1. The zero-order valence-electron chi connectivity index (χ0n) is 16.1. The third-order valence-electron chi connectivity index (χ3n) is 4.35. The van der Waals surface area contributed by atoms with Crippen molar-refractivity contribution in [3.8, 4) is 5.75 Å². The van der Waals surface area contributed by atoms with Crippen LogP contribution in [0.25, 0.3) is 10.8 Å². The maximum absolute atomic E-state index is 12.1. The summed E-state index contributed by atoms with van der Waals surface area (Å²) in [7, 11) is 1.58. The van der Waals surface area contributed by atoms with E-state index in [-0.39, 0.29) is 24.8 Å². The number of carbonyl (C=O) groups excluding carboxylic acids is 2. The lowest BCUT2D eigenvalue weighted by Gasteiger charge is -2.08. The second kappa shape index (κ2) is 10.1. The Balaban J connectivity index is 1.55. The van der Waals surface area contributed by atoms with Gasteiger partial charge in [-0.3, -0.25) is 9.59 Å². The Kier molecular flexibility index (Phi) is 7.27. The number of carbonyl (C=O) groups is 2. The van der Waals surface area contributed by atoms with Crippen molar-refractivity contribution in [2.75, 3.05) is 13.7 Å². The van der Waals surface area contributed by atoms with Crippen LogP contribution in [0.5, 0.6) is 5.75 Å². The fraction of sp³-hybridized carbons (Fsp3) is 0.136. The smallest absolute Gasteiger partial charge is 0.251 e. The van der Waals surface area contributed by atoms with Gasteiger partial charge in [-0.05, 0) is 35.0 Å². The number of ether oxygens (including phenoxy) is 1. The Hall–Kier alpha value is -3.09. The molecule has 0 radical (unpaired) electrons. The second-order valence-corrected chi connectivity index (χ2v) is 7.15. The van der Waals surface area contributed by atoms with Crippen molar-refractivity contribution in [3.63, 3.8) is 0 Å². The molecule has 0 aliphatic rings. The molecule has 0 bridgehead atoms. The number of nitrogens with zero attached hydrogens (tertiary/aromatic N) is 1. The molecule has 0 fully saturated rings. The van der Waals surface area contributed by atoms with E-state index < -0.39 is 0 Å². The number of amides is 2. The molecule has 2 N–H and O–H groups in total. The Morgan fingerprint density at radius 3 is 2.63 bits per heavy atom. The van der Waals surface area contributed by atoms with E-state index in [0.717, 1.165) is 16.3 Å². The van der Waals surface area contributed by atoms with Crippen LogP contribution in [0.4, 0.5) is 0 Å². The van der Waals surface area contributed by atoms with E-state index >= 15 is 0 Å². The topological polar surface area (TPSA) is 79.8 Å². The molecule has 6 nitrogen and oxygen atoms in total. The Bertz CT molecular complexity index is 1120. The summed E-state index contributed by atoms with van der Waals surface area (Å²) in [4.78, 5) is 24.1. The molecule has 0 unspecified atom stereocenters. The Morgan fingerprint density at radius 1 is 1.07 bits per heavy atom. The van der Waals surface area contributed by atoms with Crippen molar-refractivity contribution in [2.45, 2.75) is 6.42 Å². The van der Waals surface area contributed by atoms with E-state index in [1.807, 2.05) is 36.4 Å². The highest BCUT2D eigenvalue weighted by Gasteiger charge is 2.09. The molecule has 30 heavy (non-hydrogen) atoms. The first-order valence-corrected chi connectivity index (χ1v) is 9.86. The highest BCUT2D eigenvalue weighted by molar-refractivity contribution is 6.42. The fourth-order valence-corrected chi connectivity index (χ4v) is 3.14. The van der Waals surface area contributed by atoms with E-state index in [1.165, 1.54) is 6.07 Å². The molecule has 0 aromatic heterocycles. The van der Waals surface area contributed by atoms with Crippen molar-refractivity contribution in [2.24, 2.45) is 5.10 Å². The predicted molar refractivity (Wildman–Crippen MR) is 120 cm³/mol. The van der Waals surface area contributed by atoms with Crippen LogP contribution < -0.4 is 15.5 Å². The number of halogens is 2. The first-order valence-electron chi connectivity index (χ1n) is 9.10. The van der Waals surface area contributed by atoms with Gasteiger partial charge in [0, 0.05) is 24.1 Å². The summed E-state index contributed by atoms with van der Waals surface area (Å²) in [5.74, 6) is -0.0224. The van der Waals surface area contributed by atoms with Gasteiger partial charge >= 0.3 is 0 Å². The lowest BCUT2D eigenvalue weighted by atomic mass is 10.0. The zero-order chi connectivity index (χ0) is 21.5. The molecule has 0 spiro atoms. The van der Waals surface area contributed by atoms with Crippen LogP contribution >= 0.6 is 23.2 Å². The Labute approximate surface area is 183 Å². The maximum atomic E-state index is 12.1. The van der Waals surface area contributed by atoms with Gasteiger partial charge in [0.05, 0.1) is 23.4 Å². The van der Waals surface area contributed by atoms with E-state index in [4.69, 9.17) is 27.9 Å². The first-order chi connectivity index (χ1) is 14.5. The van der Waals surface area contributed by atoms with Gasteiger partial charge in [-0.1, -0.05) is 53.5 Å². The van der Waals surface area contributed by atoms with E-state index in [0.29, 0.717) is 21.4 Å². The molecule has 3 aromatic rings. The normalized spacial score (nSPS) is 10.9. The van der Waals surface area contributed by atoms with Crippen molar-refractivity contribution in [1.29, 1.82) is 0 Å². The number of rotatable bonds is 7. The van der Waals surface area contributed by atoms with Gasteiger partial charge in [0.2, 0.25) is 5.91 Å². The predicted octanol–water partition coefficient (Wildman–Crippen LogP) is 4.43. The molecule has 8 heteroatoms. The van der Waals surface area contributed by atoms with Crippen LogP contribution in [-0.2, 0) is 4.79 Å². The quantitative estimate of drug-likeness (QED) is 0.418. The number of fused-ring (bicyclic) bond motifs is 1. The molecule has 0 aliphatic heterocycles. The summed E-state index contributed by atoms with van der Waals surface area (Å²) in [6.45, 7) is 0.151. The molecule has 0 saturated carbocycles. The zero-order valence-corrected chi connectivity index (χ0v) is 17.6. The average molecular weight is 444 g/mol. The summed E-state index contributed by atoms with van der Waals surface area (Å²) >= 11 is 11.7. The molecule has 0 saturated heterocycles. The van der Waals surface area contributed by atoms with Crippen LogP contribution in [0.15, 0.2) is 59.7 Å². The minimum absolute atomic E-state index is 0.0665. The molecule has 3 aromatic carbocycles. The van der Waals surface area contributed by atoms with Crippen molar-refractivity contribution in [1.82, 2.24) is 10.7 Å². The third-order valence-corrected chi connectivity index (χ3v) is 5.09. The van der Waals surface area contributed by atoms with Crippen molar-refractivity contribution < 1.29 is 14.3 Å². The summed E-state index contributed by atoms with van der Waals surface area (Å²) < 4.78 is 5.39. The number of nitrogens with one attached hydrogen (secondary N) is 2. The standard InChI is InChI=1S/C22H19Cl2N3O3/c1-30-20-9-7-14-4-2-3-5-16(14)17(20)13-26-27-21(28)10-11-25-22(29)15-6-8-18(23)19(24)12-15/h2-9,12-13H,10-11H2,1H3,(H,25,29)(H,27,28). The van der Waals surface area contributed by atoms with Gasteiger partial charge in [0.1, 0.15) is 5.75 Å². The van der Waals surface area contributed by atoms with E-state index in [1.54, 1.807) is 25.5 Å². The lowest BCUT2D eigenvalue weighted by Crippen LogP contribution is -2.29. The molecular weight excluding hydrogens is 425 g/mol. The van der Waals surface area contributed by atoms with Gasteiger partial charge in [0.25, 0.3) is 5.91 Å². The molecule has 3 rings (SSSR count). The van der Waals surface area contributed by atoms with Crippen LogP contribution in [0.3, 0.4) is 0 Å². The molecule has 0 heterocycles. The van der Waals surface area contributed by atoms with Crippen LogP contribution in [0, 0.1) is 0 Å². The highest BCUT2D eigenvalue weighted by Crippen LogP contribution is 2.26. The third kappa shape index (κ3) is 5.28. The Morgan fingerprint density at radius 2 is 1.87 bits per heavy atom. The van der Waals surface area contributed by atoms with Crippen LogP contribution in [0.1, 0.15) is 22.3 Å². The lowest BCUT2D eigenvalue weighted by molar-refractivity contribution is -0.120.